The molecule has 1 N–H and O–H groups in total. The highest BCUT2D eigenvalue weighted by molar-refractivity contribution is 6.00. The molecule has 13 heavy (non-hydrogen) atoms. The van der Waals surface area contributed by atoms with Gasteiger partial charge in [-0.2, -0.15) is 0 Å². The van der Waals surface area contributed by atoms with Gasteiger partial charge in [0.25, 0.3) is 0 Å². The molecule has 0 fully saturated rings. The smallest absolute Gasteiger partial charge is 0.314 e. The Hall–Kier alpha value is -1.50. The Morgan fingerprint density at radius 1 is 1.77 bits per heavy atom. The van der Waals surface area contributed by atoms with Gasteiger partial charge in [-0.25, -0.2) is 0 Å². The van der Waals surface area contributed by atoms with E-state index < -0.39 is 11.9 Å². The molecule has 0 aromatic heterocycles. The Labute approximate surface area is 77.6 Å². The molecule has 4 nitrogen and oxygen atoms in total. The molecule has 4 heteroatoms. The van der Waals surface area contributed by atoms with E-state index in [1.54, 1.807) is 6.92 Å². The summed E-state index contributed by atoms with van der Waals surface area (Å²) in [5.74, 6) is 1.45. The van der Waals surface area contributed by atoms with E-state index in [4.69, 9.17) is 11.6 Å². The number of nitrogens with zero attached hydrogens (tertiary/aromatic N) is 1. The summed E-state index contributed by atoms with van der Waals surface area (Å²) >= 11 is 0. The van der Waals surface area contributed by atoms with Crippen molar-refractivity contribution in [2.45, 2.75) is 19.8 Å². The molecule has 0 bridgehead atoms. The third-order valence-corrected chi connectivity index (χ3v) is 1.73. The minimum Gasteiger partial charge on any atom is -0.469 e. The summed E-state index contributed by atoms with van der Waals surface area (Å²) in [6.45, 7) is 1.55. The molecule has 0 radical (unpaired) electrons. The first-order valence-electron chi connectivity index (χ1n) is 3.87. The normalized spacial score (nSPS) is 13.2. The van der Waals surface area contributed by atoms with Crippen LogP contribution < -0.4 is 0 Å². The second-order valence-corrected chi connectivity index (χ2v) is 2.56. The van der Waals surface area contributed by atoms with Crippen LogP contribution in [0, 0.1) is 18.3 Å². The van der Waals surface area contributed by atoms with Crippen LogP contribution in [0.5, 0.6) is 0 Å². The molecule has 0 amide bonds. The molecule has 0 aliphatic heterocycles. The number of carbonyl (C=O) groups is 1. The second-order valence-electron chi connectivity index (χ2n) is 2.56. The second kappa shape index (κ2) is 6.06. The van der Waals surface area contributed by atoms with E-state index in [2.05, 4.69) is 15.8 Å². The monoisotopic (exact) mass is 183 g/mol. The predicted octanol–water partition coefficient (Wildman–Crippen LogP) is 1.04. The molecule has 0 aliphatic carbocycles. The zero-order chi connectivity index (χ0) is 10.3. The fourth-order valence-electron chi connectivity index (χ4n) is 0.937. The molecule has 0 aliphatic rings. The summed E-state index contributed by atoms with van der Waals surface area (Å²) in [6, 6.07) is 0. The summed E-state index contributed by atoms with van der Waals surface area (Å²) in [6.07, 6.45) is 5.95. The highest BCUT2D eigenvalue weighted by atomic mass is 16.5. The molecule has 72 valence electrons. The van der Waals surface area contributed by atoms with Gasteiger partial charge in [0.05, 0.1) is 18.7 Å². The Morgan fingerprint density at radius 3 is 2.77 bits per heavy atom. The minimum atomic E-state index is -0.536. The zero-order valence-corrected chi connectivity index (χ0v) is 7.78. The summed E-state index contributed by atoms with van der Waals surface area (Å²) in [4.78, 5) is 11.1. The average Bonchev–Trinajstić information content (AvgIpc) is 2.17. The molecule has 0 rings (SSSR count). The zero-order valence-electron chi connectivity index (χ0n) is 7.78. The Balaban J connectivity index is 4.38. The van der Waals surface area contributed by atoms with Crippen molar-refractivity contribution in [3.05, 3.63) is 0 Å². The van der Waals surface area contributed by atoms with Crippen LogP contribution in [-0.2, 0) is 9.53 Å². The van der Waals surface area contributed by atoms with Crippen LogP contribution in [0.4, 0.5) is 0 Å². The van der Waals surface area contributed by atoms with Crippen LogP contribution in [0.2, 0.25) is 0 Å². The van der Waals surface area contributed by atoms with Crippen LogP contribution in [0.25, 0.3) is 0 Å². The van der Waals surface area contributed by atoms with Crippen molar-refractivity contribution in [3.8, 4) is 12.3 Å². The number of rotatable bonds is 4. The maximum absolute atomic E-state index is 11.1. The lowest BCUT2D eigenvalue weighted by Crippen LogP contribution is -2.23. The molecule has 1 unspecified atom stereocenters. The summed E-state index contributed by atoms with van der Waals surface area (Å²) in [7, 11) is 1.29. The molecule has 1 atom stereocenters. The Kier molecular flexibility index (Phi) is 5.37. The number of hydrogen-bond acceptors (Lipinski definition) is 4. The minimum absolute atomic E-state index is 0.321. The first-order chi connectivity index (χ1) is 6.17. The molecule has 0 aromatic rings. The van der Waals surface area contributed by atoms with Crippen molar-refractivity contribution in [1.82, 2.24) is 0 Å². The molecule has 0 heterocycles. The average molecular weight is 183 g/mol. The summed E-state index contributed by atoms with van der Waals surface area (Å²) < 4.78 is 4.53. The van der Waals surface area contributed by atoms with Crippen molar-refractivity contribution in [1.29, 1.82) is 0 Å². The summed E-state index contributed by atoms with van der Waals surface area (Å²) in [5, 5.41) is 11.4. The van der Waals surface area contributed by atoms with Crippen LogP contribution in [0.1, 0.15) is 19.8 Å². The van der Waals surface area contributed by atoms with E-state index in [1.165, 1.54) is 7.11 Å². The van der Waals surface area contributed by atoms with Gasteiger partial charge in [0.2, 0.25) is 0 Å². The molecule has 0 spiro atoms. The van der Waals surface area contributed by atoms with Gasteiger partial charge in [-0.3, -0.25) is 4.79 Å². The van der Waals surface area contributed by atoms with Gasteiger partial charge < -0.3 is 9.94 Å². The van der Waals surface area contributed by atoms with Crippen molar-refractivity contribution in [2.24, 2.45) is 11.1 Å². The number of hydrogen-bond donors (Lipinski definition) is 1. The van der Waals surface area contributed by atoms with E-state index in [0.717, 1.165) is 0 Å². The lowest BCUT2D eigenvalue weighted by Gasteiger charge is -2.10. The topological polar surface area (TPSA) is 58.9 Å². The number of terminal acetylenes is 1. The standard InChI is InChI=1S/C9H13NO3/c1-4-5-6-8(7(2)10-12)9(11)13-3/h1,8,12H,5-6H2,2-3H3/b10-7+. The third-order valence-electron chi connectivity index (χ3n) is 1.73. The molecule has 0 saturated heterocycles. The number of oxime groups is 1. The van der Waals surface area contributed by atoms with Gasteiger partial charge in [-0.15, -0.1) is 12.3 Å². The summed E-state index contributed by atoms with van der Waals surface area (Å²) in [5.41, 5.74) is 0.321. The van der Waals surface area contributed by atoms with Gasteiger partial charge in [-0.05, 0) is 13.3 Å². The van der Waals surface area contributed by atoms with Gasteiger partial charge in [-0.1, -0.05) is 5.16 Å². The maximum atomic E-state index is 11.1. The number of methoxy groups -OCH3 is 1. The van der Waals surface area contributed by atoms with Crippen molar-refractivity contribution in [3.63, 3.8) is 0 Å². The number of esters is 1. The third kappa shape index (κ3) is 3.61. The Bertz CT molecular complexity index is 240. The molecule has 0 aromatic carbocycles. The predicted molar refractivity (Wildman–Crippen MR) is 48.5 cm³/mol. The SMILES string of the molecule is C#CCCC(C(=O)OC)/C(C)=N/O. The lowest BCUT2D eigenvalue weighted by atomic mass is 9.99. The molecule has 0 saturated carbocycles. The van der Waals surface area contributed by atoms with Crippen LogP contribution in [0.15, 0.2) is 5.16 Å². The van der Waals surface area contributed by atoms with Crippen LogP contribution >= 0.6 is 0 Å². The fraction of sp³-hybridized carbons (Fsp3) is 0.556. The van der Waals surface area contributed by atoms with Crippen LogP contribution in [0.3, 0.4) is 0 Å². The molecular formula is C9H13NO3. The first-order valence-corrected chi connectivity index (χ1v) is 3.87. The van der Waals surface area contributed by atoms with Gasteiger partial charge in [0, 0.05) is 6.42 Å². The van der Waals surface area contributed by atoms with E-state index >= 15 is 0 Å². The quantitative estimate of drug-likeness (QED) is 0.233. The Morgan fingerprint density at radius 2 is 2.38 bits per heavy atom. The first kappa shape index (κ1) is 11.5. The van der Waals surface area contributed by atoms with Gasteiger partial charge in [0.15, 0.2) is 0 Å². The number of carbonyl (C=O) groups excluding carboxylic acids is 1. The van der Waals surface area contributed by atoms with E-state index in [9.17, 15) is 4.79 Å². The highest BCUT2D eigenvalue weighted by Crippen LogP contribution is 2.10. The maximum Gasteiger partial charge on any atom is 0.314 e. The van der Waals surface area contributed by atoms with Gasteiger partial charge >= 0.3 is 5.97 Å². The number of ether oxygens (including phenoxy) is 1. The largest absolute Gasteiger partial charge is 0.469 e. The van der Waals surface area contributed by atoms with E-state index in [-0.39, 0.29) is 0 Å². The van der Waals surface area contributed by atoms with Crippen molar-refractivity contribution >= 4 is 11.7 Å². The highest BCUT2D eigenvalue weighted by Gasteiger charge is 2.21. The fourth-order valence-corrected chi connectivity index (χ4v) is 0.937. The molecular weight excluding hydrogens is 170 g/mol. The lowest BCUT2D eigenvalue weighted by molar-refractivity contribution is -0.143. The van der Waals surface area contributed by atoms with Crippen LogP contribution in [-0.4, -0.2) is 24.0 Å². The van der Waals surface area contributed by atoms with Crippen molar-refractivity contribution < 1.29 is 14.7 Å². The van der Waals surface area contributed by atoms with Gasteiger partial charge in [0.1, 0.15) is 0 Å². The van der Waals surface area contributed by atoms with E-state index in [0.29, 0.717) is 18.6 Å². The van der Waals surface area contributed by atoms with E-state index in [1.807, 2.05) is 0 Å². The van der Waals surface area contributed by atoms with Crippen molar-refractivity contribution in [2.75, 3.05) is 7.11 Å².